The summed E-state index contributed by atoms with van der Waals surface area (Å²) >= 11 is 0. The van der Waals surface area contributed by atoms with Crippen LogP contribution in [0.5, 0.6) is 0 Å². The molecule has 0 unspecified atom stereocenters. The molecule has 0 aromatic heterocycles. The fraction of sp³-hybridized carbons (Fsp3) is 0.500. The zero-order chi connectivity index (χ0) is 14.4. The van der Waals surface area contributed by atoms with Crippen molar-refractivity contribution in [2.75, 3.05) is 11.9 Å². The van der Waals surface area contributed by atoms with Crippen molar-refractivity contribution in [3.63, 3.8) is 0 Å². The van der Waals surface area contributed by atoms with Crippen LogP contribution in [-0.2, 0) is 4.79 Å². The predicted octanol–water partition coefficient (Wildman–Crippen LogP) is 2.67. The minimum absolute atomic E-state index is 0.0356. The fourth-order valence-electron chi connectivity index (χ4n) is 2.69. The number of amides is 1. The molecular formula is C16H21N3O. The van der Waals surface area contributed by atoms with Crippen molar-refractivity contribution in [2.45, 2.75) is 38.6 Å². The third-order valence-electron chi connectivity index (χ3n) is 3.77. The molecule has 0 spiro atoms. The van der Waals surface area contributed by atoms with Gasteiger partial charge in [0.05, 0.1) is 18.2 Å². The van der Waals surface area contributed by atoms with Gasteiger partial charge in [-0.05, 0) is 43.0 Å². The van der Waals surface area contributed by atoms with Gasteiger partial charge in [0.15, 0.2) is 0 Å². The minimum Gasteiger partial charge on any atom is -0.376 e. The lowest BCUT2D eigenvalue weighted by atomic mass is 9.87. The normalized spacial score (nSPS) is 21.8. The standard InChI is InChI=1S/C16H21N3O/c1-12-3-2-4-15(9-12)19-16(20)11-18-14-7-5-13(10-17)6-8-14/h5-8,12,15,18H,2-4,9,11H2,1H3,(H,19,20)/t12-,15-/m0/s1. The van der Waals surface area contributed by atoms with Crippen LogP contribution in [0.3, 0.4) is 0 Å². The first-order valence-electron chi connectivity index (χ1n) is 7.21. The highest BCUT2D eigenvalue weighted by Crippen LogP contribution is 2.23. The Morgan fingerprint density at radius 3 is 2.75 bits per heavy atom. The molecule has 1 saturated carbocycles. The van der Waals surface area contributed by atoms with Crippen LogP contribution in [0.2, 0.25) is 0 Å². The number of nitriles is 1. The Morgan fingerprint density at radius 1 is 1.35 bits per heavy atom. The van der Waals surface area contributed by atoms with Gasteiger partial charge in [-0.15, -0.1) is 0 Å². The van der Waals surface area contributed by atoms with Gasteiger partial charge < -0.3 is 10.6 Å². The molecule has 2 N–H and O–H groups in total. The van der Waals surface area contributed by atoms with E-state index < -0.39 is 0 Å². The van der Waals surface area contributed by atoms with Gasteiger partial charge in [0.25, 0.3) is 0 Å². The number of nitrogens with zero attached hydrogens (tertiary/aromatic N) is 1. The summed E-state index contributed by atoms with van der Waals surface area (Å²) in [4.78, 5) is 11.9. The van der Waals surface area contributed by atoms with Crippen LogP contribution in [0.4, 0.5) is 5.69 Å². The van der Waals surface area contributed by atoms with Crippen LogP contribution >= 0.6 is 0 Å². The summed E-state index contributed by atoms with van der Waals surface area (Å²) in [5.74, 6) is 0.744. The highest BCUT2D eigenvalue weighted by atomic mass is 16.1. The fourth-order valence-corrected chi connectivity index (χ4v) is 2.69. The Bertz CT molecular complexity index is 489. The average molecular weight is 271 g/mol. The molecule has 0 radical (unpaired) electrons. The van der Waals surface area contributed by atoms with Gasteiger partial charge in [0.2, 0.25) is 5.91 Å². The van der Waals surface area contributed by atoms with Crippen LogP contribution in [0.25, 0.3) is 0 Å². The molecule has 106 valence electrons. The van der Waals surface area contributed by atoms with Gasteiger partial charge >= 0.3 is 0 Å². The number of hydrogen-bond donors (Lipinski definition) is 2. The molecule has 4 nitrogen and oxygen atoms in total. The summed E-state index contributed by atoms with van der Waals surface area (Å²) in [7, 11) is 0. The number of benzene rings is 1. The molecule has 4 heteroatoms. The van der Waals surface area contributed by atoms with Gasteiger partial charge in [-0.25, -0.2) is 0 Å². The van der Waals surface area contributed by atoms with Gasteiger partial charge in [0, 0.05) is 11.7 Å². The largest absolute Gasteiger partial charge is 0.376 e. The molecule has 1 aromatic carbocycles. The van der Waals surface area contributed by atoms with Crippen molar-refractivity contribution in [3.8, 4) is 6.07 Å². The van der Waals surface area contributed by atoms with Crippen molar-refractivity contribution in [2.24, 2.45) is 5.92 Å². The number of nitrogens with one attached hydrogen (secondary N) is 2. The highest BCUT2D eigenvalue weighted by Gasteiger charge is 2.19. The van der Waals surface area contributed by atoms with Crippen LogP contribution in [0.1, 0.15) is 38.2 Å². The van der Waals surface area contributed by atoms with Gasteiger partial charge in [-0.3, -0.25) is 4.79 Å². The summed E-state index contributed by atoms with van der Waals surface area (Å²) in [5, 5.41) is 14.9. The van der Waals surface area contributed by atoms with E-state index in [2.05, 4.69) is 23.6 Å². The molecule has 0 saturated heterocycles. The summed E-state index contributed by atoms with van der Waals surface area (Å²) in [5.41, 5.74) is 1.48. The average Bonchev–Trinajstić information content (AvgIpc) is 2.46. The van der Waals surface area contributed by atoms with E-state index >= 15 is 0 Å². The number of carbonyl (C=O) groups excluding carboxylic acids is 1. The molecule has 1 fully saturated rings. The van der Waals surface area contributed by atoms with Crippen LogP contribution in [0.15, 0.2) is 24.3 Å². The molecule has 1 aromatic rings. The number of hydrogen-bond acceptors (Lipinski definition) is 3. The van der Waals surface area contributed by atoms with Gasteiger partial charge in [-0.1, -0.05) is 19.8 Å². The van der Waals surface area contributed by atoms with E-state index in [0.717, 1.165) is 18.5 Å². The topological polar surface area (TPSA) is 64.9 Å². The maximum Gasteiger partial charge on any atom is 0.239 e. The second-order valence-corrected chi connectivity index (χ2v) is 5.58. The quantitative estimate of drug-likeness (QED) is 0.885. The minimum atomic E-state index is 0.0356. The zero-order valence-corrected chi connectivity index (χ0v) is 11.9. The van der Waals surface area contributed by atoms with E-state index in [9.17, 15) is 4.79 Å². The molecule has 0 bridgehead atoms. The van der Waals surface area contributed by atoms with Crippen LogP contribution in [-0.4, -0.2) is 18.5 Å². The summed E-state index contributed by atoms with van der Waals surface area (Å²) in [6, 6.07) is 9.50. The van der Waals surface area contributed by atoms with Gasteiger partial charge in [-0.2, -0.15) is 5.26 Å². The van der Waals surface area contributed by atoms with Crippen LogP contribution in [0, 0.1) is 17.2 Å². The Morgan fingerprint density at radius 2 is 2.10 bits per heavy atom. The molecule has 2 rings (SSSR count). The Kier molecular flexibility index (Phi) is 5.00. The lowest BCUT2D eigenvalue weighted by molar-refractivity contribution is -0.120. The lowest BCUT2D eigenvalue weighted by Gasteiger charge is -2.27. The maximum atomic E-state index is 11.9. The molecule has 20 heavy (non-hydrogen) atoms. The first-order valence-corrected chi connectivity index (χ1v) is 7.21. The van der Waals surface area contributed by atoms with E-state index in [-0.39, 0.29) is 12.5 Å². The Balaban J connectivity index is 1.75. The highest BCUT2D eigenvalue weighted by molar-refractivity contribution is 5.81. The molecule has 0 aliphatic heterocycles. The molecule has 1 amide bonds. The molecule has 1 aliphatic carbocycles. The first-order chi connectivity index (χ1) is 9.67. The maximum absolute atomic E-state index is 11.9. The third kappa shape index (κ3) is 4.27. The molecule has 0 heterocycles. The predicted molar refractivity (Wildman–Crippen MR) is 79.2 cm³/mol. The second kappa shape index (κ2) is 6.95. The van der Waals surface area contributed by atoms with E-state index in [1.165, 1.54) is 12.8 Å². The van der Waals surface area contributed by atoms with E-state index in [4.69, 9.17) is 5.26 Å². The van der Waals surface area contributed by atoms with Gasteiger partial charge in [0.1, 0.15) is 0 Å². The molecular weight excluding hydrogens is 250 g/mol. The van der Waals surface area contributed by atoms with E-state index in [1.54, 1.807) is 12.1 Å². The zero-order valence-electron chi connectivity index (χ0n) is 11.9. The van der Waals surface area contributed by atoms with Crippen molar-refractivity contribution in [1.29, 1.82) is 5.26 Å². The Hall–Kier alpha value is -2.02. The molecule has 1 aliphatic rings. The van der Waals surface area contributed by atoms with Crippen LogP contribution < -0.4 is 10.6 Å². The lowest BCUT2D eigenvalue weighted by Crippen LogP contribution is -2.40. The van der Waals surface area contributed by atoms with E-state index in [1.807, 2.05) is 12.1 Å². The second-order valence-electron chi connectivity index (χ2n) is 5.58. The SMILES string of the molecule is C[C@H]1CCC[C@H](NC(=O)CNc2ccc(C#N)cc2)C1. The first kappa shape index (κ1) is 14.4. The summed E-state index contributed by atoms with van der Waals surface area (Å²) < 4.78 is 0. The summed E-state index contributed by atoms with van der Waals surface area (Å²) in [6.45, 7) is 2.52. The van der Waals surface area contributed by atoms with Crippen molar-refractivity contribution < 1.29 is 4.79 Å². The number of carbonyl (C=O) groups is 1. The van der Waals surface area contributed by atoms with Crippen molar-refractivity contribution >= 4 is 11.6 Å². The summed E-state index contributed by atoms with van der Waals surface area (Å²) in [6.07, 6.45) is 4.65. The Labute approximate surface area is 120 Å². The smallest absolute Gasteiger partial charge is 0.239 e. The van der Waals surface area contributed by atoms with E-state index in [0.29, 0.717) is 17.5 Å². The molecule has 2 atom stereocenters. The van der Waals surface area contributed by atoms with Crippen molar-refractivity contribution in [1.82, 2.24) is 5.32 Å². The monoisotopic (exact) mass is 271 g/mol. The van der Waals surface area contributed by atoms with Crippen molar-refractivity contribution in [3.05, 3.63) is 29.8 Å². The third-order valence-corrected chi connectivity index (χ3v) is 3.77. The number of anilines is 1. The number of rotatable bonds is 4.